The molecule has 1 saturated carbocycles. The van der Waals surface area contributed by atoms with Crippen molar-refractivity contribution in [2.75, 3.05) is 25.5 Å². The molecule has 5 heterocycles. The molecule has 1 atom stereocenters. The summed E-state index contributed by atoms with van der Waals surface area (Å²) in [7, 11) is 1.62. The minimum atomic E-state index is -4.68. The van der Waals surface area contributed by atoms with Crippen molar-refractivity contribution in [1.29, 1.82) is 0 Å². The van der Waals surface area contributed by atoms with Crippen molar-refractivity contribution < 1.29 is 32.7 Å². The number of hydrogen-bond donors (Lipinski definition) is 2. The maximum Gasteiger partial charge on any atom is 0.433 e. The lowest BCUT2D eigenvalue weighted by atomic mass is 10.0. The van der Waals surface area contributed by atoms with Crippen LogP contribution in [0.4, 0.5) is 28.4 Å². The first-order valence-electron chi connectivity index (χ1n) is 12.7. The van der Waals surface area contributed by atoms with Crippen molar-refractivity contribution in [1.82, 2.24) is 24.7 Å². The summed E-state index contributed by atoms with van der Waals surface area (Å²) in [6.07, 6.45) is -2.50. The third-order valence-corrected chi connectivity index (χ3v) is 9.02. The zero-order chi connectivity index (χ0) is 28.6. The molecule has 0 radical (unpaired) electrons. The number of imide groups is 1. The number of nitrogens with zero attached hydrogens (tertiary/aromatic N) is 5. The Kier molecular flexibility index (Phi) is 5.94. The van der Waals surface area contributed by atoms with Gasteiger partial charge in [-0.1, -0.05) is 0 Å². The number of halogens is 3. The number of aromatic nitrogens is 2. The number of carboxylic acid groups (broad SMARTS) is 1. The molecule has 2 N–H and O–H groups in total. The molecule has 1 unspecified atom stereocenters. The summed E-state index contributed by atoms with van der Waals surface area (Å²) in [6.45, 7) is 2.10. The molecule has 0 aromatic carbocycles. The van der Waals surface area contributed by atoms with Crippen molar-refractivity contribution in [3.05, 3.63) is 40.5 Å². The average Bonchev–Trinajstić information content (AvgIpc) is 3.32. The summed E-state index contributed by atoms with van der Waals surface area (Å²) in [5.74, 6) is -0.237. The van der Waals surface area contributed by atoms with Gasteiger partial charge in [0.2, 0.25) is 0 Å². The van der Waals surface area contributed by atoms with Crippen LogP contribution in [-0.2, 0) is 17.5 Å². The summed E-state index contributed by atoms with van der Waals surface area (Å²) < 4.78 is 42.0. The van der Waals surface area contributed by atoms with Gasteiger partial charge in [0.25, 0.3) is 5.91 Å². The second kappa shape index (κ2) is 9.04. The third kappa shape index (κ3) is 4.21. The number of likely N-dealkylation sites (N-methyl/N-ethyl adjacent to an activating group) is 1. The summed E-state index contributed by atoms with van der Waals surface area (Å²) in [5, 5.41) is 12.6. The molecule has 3 aromatic rings. The number of pyridine rings is 2. The van der Waals surface area contributed by atoms with Crippen LogP contribution in [0.1, 0.15) is 35.4 Å². The van der Waals surface area contributed by atoms with Crippen LogP contribution in [0.2, 0.25) is 0 Å². The number of nitrogens with one attached hydrogen (secondary N) is 1. The van der Waals surface area contributed by atoms with Crippen LogP contribution in [0.15, 0.2) is 24.4 Å². The van der Waals surface area contributed by atoms with E-state index in [-0.39, 0.29) is 36.8 Å². The predicted octanol–water partition coefficient (Wildman–Crippen LogP) is 4.78. The highest BCUT2D eigenvalue weighted by atomic mass is 32.1. The fourth-order valence-corrected chi connectivity index (χ4v) is 6.63. The lowest BCUT2D eigenvalue weighted by Gasteiger charge is -2.21. The quantitative estimate of drug-likeness (QED) is 0.421. The van der Waals surface area contributed by atoms with Crippen LogP contribution in [0.3, 0.4) is 0 Å². The number of fused-ring (bicyclic) bond motifs is 1. The zero-order valence-electron chi connectivity index (χ0n) is 21.6. The molecule has 2 saturated heterocycles. The van der Waals surface area contributed by atoms with E-state index in [1.54, 1.807) is 26.1 Å². The molecule has 3 aromatic heterocycles. The Balaban J connectivity index is 1.40. The number of carbonyl (C=O) groups is 3. The maximum absolute atomic E-state index is 13.8. The van der Waals surface area contributed by atoms with Gasteiger partial charge in [0.1, 0.15) is 11.2 Å². The van der Waals surface area contributed by atoms with Crippen LogP contribution in [0.5, 0.6) is 0 Å². The molecule has 4 amide bonds. The van der Waals surface area contributed by atoms with E-state index in [0.29, 0.717) is 57.7 Å². The summed E-state index contributed by atoms with van der Waals surface area (Å²) in [5.41, 5.74) is -0.0847. The monoisotopic (exact) mass is 574 g/mol. The van der Waals surface area contributed by atoms with Crippen molar-refractivity contribution in [2.24, 2.45) is 0 Å². The van der Waals surface area contributed by atoms with E-state index >= 15 is 0 Å². The van der Waals surface area contributed by atoms with Gasteiger partial charge in [-0.25, -0.2) is 14.6 Å². The van der Waals surface area contributed by atoms with Gasteiger partial charge >= 0.3 is 18.3 Å². The van der Waals surface area contributed by atoms with Crippen molar-refractivity contribution in [3.63, 3.8) is 0 Å². The molecule has 6 rings (SSSR count). The second-order valence-corrected chi connectivity index (χ2v) is 11.6. The van der Waals surface area contributed by atoms with Gasteiger partial charge in [-0.3, -0.25) is 14.7 Å². The third-order valence-electron chi connectivity index (χ3n) is 7.87. The van der Waals surface area contributed by atoms with Crippen molar-refractivity contribution in [3.8, 4) is 11.3 Å². The summed E-state index contributed by atoms with van der Waals surface area (Å²) in [4.78, 5) is 50.1. The first-order valence-corrected chi connectivity index (χ1v) is 13.5. The molecule has 1 spiro atoms. The highest BCUT2D eigenvalue weighted by Crippen LogP contribution is 2.48. The second-order valence-electron chi connectivity index (χ2n) is 10.5. The normalized spacial score (nSPS) is 20.3. The Bertz CT molecular complexity index is 1570. The number of urea groups is 1. The van der Waals surface area contributed by atoms with E-state index in [1.165, 1.54) is 32.2 Å². The minimum absolute atomic E-state index is 0.0392. The minimum Gasteiger partial charge on any atom is -0.465 e. The molecule has 210 valence electrons. The number of carbonyl (C=O) groups excluding carboxylic acids is 2. The molecular weight excluding hydrogens is 549 g/mol. The Morgan fingerprint density at radius 1 is 1.27 bits per heavy atom. The number of hydrogen-bond acceptors (Lipinski definition) is 7. The van der Waals surface area contributed by atoms with Crippen LogP contribution < -0.4 is 5.32 Å². The SMILES string of the molecule is Cc1cc(C(F)(F)F)nc(-c2ccnc3cc(CN4C(=O)N(C)C5(CC5)C4=O)sc23)c1NC1CCN(C(=O)O)C1. The molecule has 14 heteroatoms. The van der Waals surface area contributed by atoms with Crippen LogP contribution in [-0.4, -0.2) is 79.5 Å². The van der Waals surface area contributed by atoms with Gasteiger partial charge in [-0.2, -0.15) is 13.2 Å². The van der Waals surface area contributed by atoms with Gasteiger partial charge in [-0.15, -0.1) is 11.3 Å². The highest BCUT2D eigenvalue weighted by Gasteiger charge is 2.63. The van der Waals surface area contributed by atoms with E-state index < -0.39 is 23.5 Å². The first kappa shape index (κ1) is 26.3. The first-order chi connectivity index (χ1) is 18.9. The van der Waals surface area contributed by atoms with E-state index in [2.05, 4.69) is 15.3 Å². The van der Waals surface area contributed by atoms with Crippen LogP contribution in [0.25, 0.3) is 21.5 Å². The molecule has 10 nitrogen and oxygen atoms in total. The molecule has 1 aliphatic carbocycles. The summed E-state index contributed by atoms with van der Waals surface area (Å²) in [6, 6.07) is 3.62. The maximum atomic E-state index is 13.8. The van der Waals surface area contributed by atoms with Gasteiger partial charge in [-0.05, 0) is 49.9 Å². The van der Waals surface area contributed by atoms with Crippen molar-refractivity contribution >= 4 is 45.3 Å². The van der Waals surface area contributed by atoms with Gasteiger partial charge < -0.3 is 20.2 Å². The Morgan fingerprint density at radius 3 is 2.65 bits per heavy atom. The molecule has 40 heavy (non-hydrogen) atoms. The lowest BCUT2D eigenvalue weighted by Crippen LogP contribution is -2.33. The smallest absolute Gasteiger partial charge is 0.433 e. The Labute approximate surface area is 230 Å². The number of thiophene rings is 1. The predicted molar refractivity (Wildman–Crippen MR) is 140 cm³/mol. The number of likely N-dealkylation sites (tertiary alicyclic amines) is 1. The van der Waals surface area contributed by atoms with E-state index in [1.807, 2.05) is 0 Å². The number of aryl methyl sites for hydroxylation is 1. The molecule has 0 bridgehead atoms. The van der Waals surface area contributed by atoms with Crippen LogP contribution in [0, 0.1) is 6.92 Å². The standard InChI is InChI=1S/C26H25F3N6O4S/c1-13-9-18(26(27,28)29)32-20(19(13)31-14-4-8-34(11-14)24(38)39)16-3-7-30-17-10-15(40-21(16)17)12-35-22(36)25(5-6-25)33(2)23(35)37/h3,7,9-10,14,31H,4-6,8,11-12H2,1-2H3,(H,38,39). The fourth-order valence-electron chi connectivity index (χ4n) is 5.51. The van der Waals surface area contributed by atoms with Gasteiger partial charge in [0, 0.05) is 42.8 Å². The largest absolute Gasteiger partial charge is 0.465 e. The molecular formula is C26H25F3N6O4S. The highest BCUT2D eigenvalue weighted by molar-refractivity contribution is 7.19. The Morgan fingerprint density at radius 2 is 2.02 bits per heavy atom. The van der Waals surface area contributed by atoms with E-state index in [9.17, 15) is 32.7 Å². The van der Waals surface area contributed by atoms with E-state index in [0.717, 1.165) is 6.07 Å². The van der Waals surface area contributed by atoms with Gasteiger partial charge in [0.15, 0.2) is 0 Å². The van der Waals surface area contributed by atoms with E-state index in [4.69, 9.17) is 0 Å². The zero-order valence-corrected chi connectivity index (χ0v) is 22.4. The Hall–Kier alpha value is -3.94. The lowest BCUT2D eigenvalue weighted by molar-refractivity contribution is -0.141. The molecule has 3 aliphatic rings. The van der Waals surface area contributed by atoms with Gasteiger partial charge in [0.05, 0.1) is 28.1 Å². The molecule has 2 aliphatic heterocycles. The van der Waals surface area contributed by atoms with Crippen molar-refractivity contribution in [2.45, 2.75) is 50.5 Å². The van der Waals surface area contributed by atoms with Crippen LogP contribution >= 0.6 is 11.3 Å². The summed E-state index contributed by atoms with van der Waals surface area (Å²) >= 11 is 1.24. The fraction of sp³-hybridized carbons (Fsp3) is 0.423. The topological polar surface area (TPSA) is 119 Å². The number of rotatable bonds is 5. The average molecular weight is 575 g/mol. The number of anilines is 1. The number of alkyl halides is 3. The number of amides is 4. The molecule has 3 fully saturated rings.